The molecule has 1 fully saturated rings. The minimum Gasteiger partial charge on any atom is -0.497 e. The molecule has 1 atom stereocenters. The molecule has 1 unspecified atom stereocenters. The lowest BCUT2D eigenvalue weighted by molar-refractivity contribution is -0.125. The van der Waals surface area contributed by atoms with Gasteiger partial charge in [-0.05, 0) is 25.2 Å². The van der Waals surface area contributed by atoms with Crippen LogP contribution in [0, 0.1) is 0 Å². The van der Waals surface area contributed by atoms with Crippen LogP contribution in [0.15, 0.2) is 18.2 Å². The maximum Gasteiger partial charge on any atom is 0.125 e. The zero-order valence-electron chi connectivity index (χ0n) is 11.7. The van der Waals surface area contributed by atoms with Gasteiger partial charge in [0.1, 0.15) is 17.1 Å². The van der Waals surface area contributed by atoms with Crippen LogP contribution in [0.4, 0.5) is 0 Å². The molecule has 2 aliphatic rings. The summed E-state index contributed by atoms with van der Waals surface area (Å²) >= 11 is 0. The highest BCUT2D eigenvalue weighted by Crippen LogP contribution is 2.50. The van der Waals surface area contributed by atoms with Crippen LogP contribution in [-0.4, -0.2) is 33.0 Å². The number of methoxy groups -OCH3 is 2. The summed E-state index contributed by atoms with van der Waals surface area (Å²) < 4.78 is 16.9. The van der Waals surface area contributed by atoms with E-state index in [2.05, 4.69) is 11.4 Å². The highest BCUT2D eigenvalue weighted by Gasteiger charge is 2.50. The van der Waals surface area contributed by atoms with Crippen LogP contribution < -0.4 is 14.8 Å². The second kappa shape index (κ2) is 4.69. The van der Waals surface area contributed by atoms with Gasteiger partial charge in [0.05, 0.1) is 13.2 Å². The Morgan fingerprint density at radius 1 is 1.26 bits per heavy atom. The smallest absolute Gasteiger partial charge is 0.125 e. The van der Waals surface area contributed by atoms with E-state index in [0.717, 1.165) is 30.8 Å². The summed E-state index contributed by atoms with van der Waals surface area (Å²) in [6.45, 7) is 0. The van der Waals surface area contributed by atoms with Gasteiger partial charge in [0, 0.05) is 38.0 Å². The van der Waals surface area contributed by atoms with Crippen LogP contribution in [-0.2, 0) is 4.74 Å². The van der Waals surface area contributed by atoms with E-state index in [1.54, 1.807) is 14.2 Å². The Kier molecular flexibility index (Phi) is 3.15. The Bertz CT molecular complexity index is 468. The molecule has 1 saturated carbocycles. The summed E-state index contributed by atoms with van der Waals surface area (Å²) in [4.78, 5) is 0. The van der Waals surface area contributed by atoms with Crippen molar-refractivity contribution in [2.75, 3.05) is 21.3 Å². The minimum atomic E-state index is -0.0457. The van der Waals surface area contributed by atoms with Crippen molar-refractivity contribution >= 4 is 0 Å². The quantitative estimate of drug-likeness (QED) is 0.908. The molecule has 4 heteroatoms. The summed E-state index contributed by atoms with van der Waals surface area (Å²) in [5.41, 5.74) is 1.14. The van der Waals surface area contributed by atoms with Gasteiger partial charge in [0.2, 0.25) is 0 Å². The SMILES string of the molecule is CNC1CC2(CC(OC)C2)Oc2ccc(OC)cc21. The van der Waals surface area contributed by atoms with Crippen molar-refractivity contribution in [3.8, 4) is 11.5 Å². The largest absolute Gasteiger partial charge is 0.497 e. The molecule has 4 nitrogen and oxygen atoms in total. The topological polar surface area (TPSA) is 39.7 Å². The monoisotopic (exact) mass is 263 g/mol. The fraction of sp³-hybridized carbons (Fsp3) is 0.600. The molecule has 1 aromatic carbocycles. The molecule has 1 aromatic rings. The third kappa shape index (κ3) is 2.09. The van der Waals surface area contributed by atoms with Gasteiger partial charge < -0.3 is 19.5 Å². The van der Waals surface area contributed by atoms with Gasteiger partial charge in [-0.1, -0.05) is 0 Å². The molecule has 0 saturated heterocycles. The Morgan fingerprint density at radius 3 is 2.68 bits per heavy atom. The van der Waals surface area contributed by atoms with E-state index in [-0.39, 0.29) is 5.60 Å². The molecule has 1 N–H and O–H groups in total. The van der Waals surface area contributed by atoms with Gasteiger partial charge in [-0.25, -0.2) is 0 Å². The van der Waals surface area contributed by atoms with E-state index >= 15 is 0 Å². The molecule has 0 amide bonds. The van der Waals surface area contributed by atoms with Crippen LogP contribution >= 0.6 is 0 Å². The van der Waals surface area contributed by atoms with Gasteiger partial charge in [-0.15, -0.1) is 0 Å². The number of ether oxygens (including phenoxy) is 3. The van der Waals surface area contributed by atoms with Crippen molar-refractivity contribution < 1.29 is 14.2 Å². The summed E-state index contributed by atoms with van der Waals surface area (Å²) in [5.74, 6) is 1.85. The van der Waals surface area contributed by atoms with Crippen LogP contribution in [0.25, 0.3) is 0 Å². The normalized spacial score (nSPS) is 32.4. The molecule has 3 rings (SSSR count). The number of benzene rings is 1. The molecule has 1 aliphatic carbocycles. The second-order valence-corrected chi connectivity index (χ2v) is 5.50. The van der Waals surface area contributed by atoms with Crippen molar-refractivity contribution in [1.29, 1.82) is 0 Å². The van der Waals surface area contributed by atoms with Crippen LogP contribution in [0.1, 0.15) is 30.9 Å². The molecule has 1 heterocycles. The molecule has 0 bridgehead atoms. The Morgan fingerprint density at radius 2 is 2.05 bits per heavy atom. The van der Waals surface area contributed by atoms with Crippen molar-refractivity contribution in [2.45, 2.75) is 37.0 Å². The summed E-state index contributed by atoms with van der Waals surface area (Å²) in [6, 6.07) is 6.35. The zero-order chi connectivity index (χ0) is 13.5. The lowest BCUT2D eigenvalue weighted by atomic mass is 9.71. The third-order valence-electron chi connectivity index (χ3n) is 4.38. The average molecular weight is 263 g/mol. The first kappa shape index (κ1) is 12.8. The van der Waals surface area contributed by atoms with Gasteiger partial charge in [-0.2, -0.15) is 0 Å². The van der Waals surface area contributed by atoms with E-state index in [0.29, 0.717) is 12.1 Å². The number of rotatable bonds is 3. The van der Waals surface area contributed by atoms with Gasteiger partial charge >= 0.3 is 0 Å². The number of hydrogen-bond acceptors (Lipinski definition) is 4. The minimum absolute atomic E-state index is 0.0457. The van der Waals surface area contributed by atoms with Gasteiger partial charge in [-0.3, -0.25) is 0 Å². The maximum atomic E-state index is 6.24. The fourth-order valence-electron chi connectivity index (χ4n) is 3.22. The van der Waals surface area contributed by atoms with Crippen molar-refractivity contribution in [3.63, 3.8) is 0 Å². The molecular weight excluding hydrogens is 242 g/mol. The van der Waals surface area contributed by atoms with Gasteiger partial charge in [0.25, 0.3) is 0 Å². The van der Waals surface area contributed by atoms with Crippen molar-refractivity contribution in [2.24, 2.45) is 0 Å². The summed E-state index contributed by atoms with van der Waals surface area (Å²) in [6.07, 6.45) is 3.29. The first-order valence-electron chi connectivity index (χ1n) is 6.77. The maximum absolute atomic E-state index is 6.24. The van der Waals surface area contributed by atoms with Gasteiger partial charge in [0.15, 0.2) is 0 Å². The second-order valence-electron chi connectivity index (χ2n) is 5.50. The van der Waals surface area contributed by atoms with Crippen LogP contribution in [0.5, 0.6) is 11.5 Å². The zero-order valence-corrected chi connectivity index (χ0v) is 11.7. The van der Waals surface area contributed by atoms with E-state index in [1.807, 2.05) is 19.2 Å². The molecule has 104 valence electrons. The molecule has 0 radical (unpaired) electrons. The molecule has 19 heavy (non-hydrogen) atoms. The van der Waals surface area contributed by atoms with E-state index < -0.39 is 0 Å². The lowest BCUT2D eigenvalue weighted by Crippen LogP contribution is -2.55. The van der Waals surface area contributed by atoms with Crippen molar-refractivity contribution in [1.82, 2.24) is 5.32 Å². The summed E-state index contributed by atoms with van der Waals surface area (Å²) in [5, 5.41) is 3.39. The summed E-state index contributed by atoms with van der Waals surface area (Å²) in [7, 11) is 5.46. The van der Waals surface area contributed by atoms with E-state index in [4.69, 9.17) is 14.2 Å². The lowest BCUT2D eigenvalue weighted by Gasteiger charge is -2.51. The van der Waals surface area contributed by atoms with Crippen LogP contribution in [0.2, 0.25) is 0 Å². The number of hydrogen-bond donors (Lipinski definition) is 1. The first-order chi connectivity index (χ1) is 9.19. The average Bonchev–Trinajstić information content (AvgIpc) is 2.42. The van der Waals surface area contributed by atoms with E-state index in [1.165, 1.54) is 5.56 Å². The number of nitrogens with one attached hydrogen (secondary N) is 1. The highest BCUT2D eigenvalue weighted by atomic mass is 16.5. The Labute approximate surface area is 114 Å². The number of fused-ring (bicyclic) bond motifs is 1. The van der Waals surface area contributed by atoms with Crippen molar-refractivity contribution in [3.05, 3.63) is 23.8 Å². The molecule has 1 spiro atoms. The Balaban J connectivity index is 1.88. The highest BCUT2D eigenvalue weighted by molar-refractivity contribution is 5.44. The third-order valence-corrected chi connectivity index (χ3v) is 4.38. The fourth-order valence-corrected chi connectivity index (χ4v) is 3.22. The first-order valence-corrected chi connectivity index (χ1v) is 6.77. The molecular formula is C15H21NO3. The standard InChI is InChI=1S/C15H21NO3/c1-16-13-9-15(7-11(8-15)18-3)19-14-5-4-10(17-2)6-12(13)14/h4-6,11,13,16H,7-9H2,1-3H3. The molecule has 0 aromatic heterocycles. The Hall–Kier alpha value is -1.26. The molecule has 1 aliphatic heterocycles. The van der Waals surface area contributed by atoms with E-state index in [9.17, 15) is 0 Å². The predicted molar refractivity (Wildman–Crippen MR) is 72.8 cm³/mol. The van der Waals surface area contributed by atoms with Crippen LogP contribution in [0.3, 0.4) is 0 Å². The predicted octanol–water partition coefficient (Wildman–Crippen LogP) is 2.29.